The standard InChI is InChI=1S/C13H18F2N2/c1-3-8-17(9-4-2)13(16)12-10(14)6-5-7-11(12)15/h5-7,16H,3-4,8-9H2,1-2H3. The number of benzene rings is 1. The van der Waals surface area contributed by atoms with E-state index in [2.05, 4.69) is 0 Å². The van der Waals surface area contributed by atoms with Gasteiger partial charge in [-0.1, -0.05) is 19.9 Å². The molecule has 0 unspecified atom stereocenters. The van der Waals surface area contributed by atoms with Gasteiger partial charge in [-0.05, 0) is 25.0 Å². The maximum atomic E-state index is 13.5. The normalized spacial score (nSPS) is 10.4. The van der Waals surface area contributed by atoms with Crippen molar-refractivity contribution in [2.45, 2.75) is 26.7 Å². The second kappa shape index (κ2) is 6.33. The van der Waals surface area contributed by atoms with E-state index in [0.29, 0.717) is 13.1 Å². The van der Waals surface area contributed by atoms with Crippen LogP contribution in [-0.4, -0.2) is 23.8 Å². The van der Waals surface area contributed by atoms with E-state index in [1.807, 2.05) is 13.8 Å². The van der Waals surface area contributed by atoms with Crippen LogP contribution < -0.4 is 0 Å². The Morgan fingerprint density at radius 2 is 1.59 bits per heavy atom. The van der Waals surface area contributed by atoms with Crippen LogP contribution >= 0.6 is 0 Å². The molecule has 0 aliphatic heterocycles. The minimum Gasteiger partial charge on any atom is -0.356 e. The Labute approximate surface area is 101 Å². The van der Waals surface area contributed by atoms with Crippen molar-refractivity contribution >= 4 is 5.84 Å². The predicted octanol–water partition coefficient (Wildman–Crippen LogP) is 3.41. The summed E-state index contributed by atoms with van der Waals surface area (Å²) in [7, 11) is 0. The predicted molar refractivity (Wildman–Crippen MR) is 65.3 cm³/mol. The summed E-state index contributed by atoms with van der Waals surface area (Å²) in [5.74, 6) is -1.41. The van der Waals surface area contributed by atoms with Crippen LogP contribution in [0.1, 0.15) is 32.3 Å². The van der Waals surface area contributed by atoms with Crippen molar-refractivity contribution in [3.8, 4) is 0 Å². The molecule has 0 aromatic heterocycles. The fraction of sp³-hybridized carbons (Fsp3) is 0.462. The average Bonchev–Trinajstić information content (AvgIpc) is 2.28. The first-order valence-corrected chi connectivity index (χ1v) is 5.89. The number of hydrogen-bond acceptors (Lipinski definition) is 1. The molecule has 2 nitrogen and oxygen atoms in total. The average molecular weight is 240 g/mol. The summed E-state index contributed by atoms with van der Waals surface area (Å²) < 4.78 is 27.1. The quantitative estimate of drug-likeness (QED) is 0.619. The second-order valence-electron chi connectivity index (χ2n) is 3.93. The lowest BCUT2D eigenvalue weighted by atomic mass is 10.1. The lowest BCUT2D eigenvalue weighted by Crippen LogP contribution is -2.33. The van der Waals surface area contributed by atoms with Gasteiger partial charge >= 0.3 is 0 Å². The fourth-order valence-corrected chi connectivity index (χ4v) is 1.76. The number of amidine groups is 1. The number of rotatable bonds is 5. The molecule has 0 fully saturated rings. The van der Waals surface area contributed by atoms with E-state index >= 15 is 0 Å². The van der Waals surface area contributed by atoms with E-state index in [-0.39, 0.29) is 11.4 Å². The fourth-order valence-electron chi connectivity index (χ4n) is 1.76. The van der Waals surface area contributed by atoms with Gasteiger partial charge in [0.1, 0.15) is 17.5 Å². The highest BCUT2D eigenvalue weighted by atomic mass is 19.1. The van der Waals surface area contributed by atoms with Crippen molar-refractivity contribution in [2.24, 2.45) is 0 Å². The molecular weight excluding hydrogens is 222 g/mol. The Morgan fingerprint density at radius 3 is 2.00 bits per heavy atom. The molecule has 17 heavy (non-hydrogen) atoms. The molecule has 1 rings (SSSR count). The zero-order valence-corrected chi connectivity index (χ0v) is 10.3. The first-order valence-electron chi connectivity index (χ1n) is 5.89. The third-order valence-electron chi connectivity index (χ3n) is 2.50. The smallest absolute Gasteiger partial charge is 0.137 e. The number of hydrogen-bond donors (Lipinski definition) is 1. The largest absolute Gasteiger partial charge is 0.356 e. The van der Waals surface area contributed by atoms with E-state index in [0.717, 1.165) is 12.8 Å². The molecule has 0 heterocycles. The summed E-state index contributed by atoms with van der Waals surface area (Å²) in [4.78, 5) is 1.71. The number of halogens is 2. The molecular formula is C13H18F2N2. The van der Waals surface area contributed by atoms with Gasteiger partial charge in [0.2, 0.25) is 0 Å². The van der Waals surface area contributed by atoms with Gasteiger partial charge in [-0.15, -0.1) is 0 Å². The summed E-state index contributed by atoms with van der Waals surface area (Å²) in [6.07, 6.45) is 1.69. The zero-order valence-electron chi connectivity index (χ0n) is 10.3. The topological polar surface area (TPSA) is 27.1 Å². The minimum atomic E-state index is -0.674. The van der Waals surface area contributed by atoms with Crippen LogP contribution in [0, 0.1) is 17.0 Å². The van der Waals surface area contributed by atoms with E-state index in [1.165, 1.54) is 18.2 Å². The summed E-state index contributed by atoms with van der Waals surface area (Å²) in [6.45, 7) is 5.24. The third kappa shape index (κ3) is 3.25. The second-order valence-corrected chi connectivity index (χ2v) is 3.93. The molecule has 0 saturated carbocycles. The summed E-state index contributed by atoms with van der Waals surface area (Å²) in [5, 5.41) is 7.92. The van der Waals surface area contributed by atoms with Crippen molar-refractivity contribution in [1.82, 2.24) is 4.90 Å². The van der Waals surface area contributed by atoms with Crippen LogP contribution in [-0.2, 0) is 0 Å². The van der Waals surface area contributed by atoms with E-state index < -0.39 is 11.6 Å². The Bertz CT molecular complexity index is 365. The highest BCUT2D eigenvalue weighted by Gasteiger charge is 2.18. The first kappa shape index (κ1) is 13.6. The van der Waals surface area contributed by atoms with Crippen LogP contribution in [0.2, 0.25) is 0 Å². The van der Waals surface area contributed by atoms with E-state index in [4.69, 9.17) is 5.41 Å². The maximum absolute atomic E-state index is 13.5. The molecule has 0 saturated heterocycles. The van der Waals surface area contributed by atoms with Gasteiger partial charge in [0, 0.05) is 13.1 Å². The Kier molecular flexibility index (Phi) is 5.07. The van der Waals surface area contributed by atoms with Crippen molar-refractivity contribution in [3.05, 3.63) is 35.4 Å². The van der Waals surface area contributed by atoms with Crippen LogP contribution in [0.4, 0.5) is 8.78 Å². The molecule has 0 atom stereocenters. The van der Waals surface area contributed by atoms with Crippen LogP contribution in [0.15, 0.2) is 18.2 Å². The van der Waals surface area contributed by atoms with Gasteiger partial charge in [0.15, 0.2) is 0 Å². The van der Waals surface area contributed by atoms with Gasteiger partial charge in [-0.2, -0.15) is 0 Å². The van der Waals surface area contributed by atoms with Gasteiger partial charge in [0.05, 0.1) is 5.56 Å². The van der Waals surface area contributed by atoms with Gasteiger partial charge in [-0.3, -0.25) is 5.41 Å². The van der Waals surface area contributed by atoms with Gasteiger partial charge in [-0.25, -0.2) is 8.78 Å². The molecule has 94 valence electrons. The minimum absolute atomic E-state index is 0.0655. The zero-order chi connectivity index (χ0) is 12.8. The summed E-state index contributed by atoms with van der Waals surface area (Å²) in [6, 6.07) is 3.68. The molecule has 1 aromatic carbocycles. The summed E-state index contributed by atoms with van der Waals surface area (Å²) >= 11 is 0. The molecule has 0 bridgehead atoms. The van der Waals surface area contributed by atoms with Crippen LogP contribution in [0.3, 0.4) is 0 Å². The third-order valence-corrected chi connectivity index (χ3v) is 2.50. The molecule has 1 aromatic rings. The van der Waals surface area contributed by atoms with Crippen molar-refractivity contribution in [1.29, 1.82) is 5.41 Å². The molecule has 4 heteroatoms. The molecule has 0 aliphatic rings. The highest BCUT2D eigenvalue weighted by Crippen LogP contribution is 2.15. The van der Waals surface area contributed by atoms with E-state index in [1.54, 1.807) is 4.90 Å². The van der Waals surface area contributed by atoms with Gasteiger partial charge < -0.3 is 4.90 Å². The lowest BCUT2D eigenvalue weighted by Gasteiger charge is -2.24. The Hall–Kier alpha value is -1.45. The monoisotopic (exact) mass is 240 g/mol. The van der Waals surface area contributed by atoms with Crippen LogP contribution in [0.5, 0.6) is 0 Å². The molecule has 1 N–H and O–H groups in total. The van der Waals surface area contributed by atoms with Crippen LogP contribution in [0.25, 0.3) is 0 Å². The maximum Gasteiger partial charge on any atom is 0.137 e. The summed E-state index contributed by atoms with van der Waals surface area (Å²) in [5.41, 5.74) is -0.227. The van der Waals surface area contributed by atoms with Crippen molar-refractivity contribution < 1.29 is 8.78 Å². The molecule has 0 aliphatic carbocycles. The van der Waals surface area contributed by atoms with Gasteiger partial charge in [0.25, 0.3) is 0 Å². The Balaban J connectivity index is 3.00. The number of nitrogens with one attached hydrogen (secondary N) is 1. The van der Waals surface area contributed by atoms with E-state index in [9.17, 15) is 8.78 Å². The highest BCUT2D eigenvalue weighted by molar-refractivity contribution is 5.96. The lowest BCUT2D eigenvalue weighted by molar-refractivity contribution is 0.411. The van der Waals surface area contributed by atoms with Crippen molar-refractivity contribution in [3.63, 3.8) is 0 Å². The molecule has 0 amide bonds. The number of nitrogens with zero attached hydrogens (tertiary/aromatic N) is 1. The van der Waals surface area contributed by atoms with Crippen molar-refractivity contribution in [2.75, 3.05) is 13.1 Å². The first-order chi connectivity index (χ1) is 8.11. The SMILES string of the molecule is CCCN(CCC)C(=N)c1c(F)cccc1F. The Morgan fingerprint density at radius 1 is 1.12 bits per heavy atom. The molecule has 0 radical (unpaired) electrons. The molecule has 0 spiro atoms.